The molecular weight excluding hydrogens is 210 g/mol. The van der Waals surface area contributed by atoms with E-state index in [0.717, 1.165) is 5.33 Å². The Morgan fingerprint density at radius 1 is 1.73 bits per heavy atom. The molecule has 0 radical (unpaired) electrons. The third kappa shape index (κ3) is 6.31. The van der Waals surface area contributed by atoms with Gasteiger partial charge in [0.2, 0.25) is 5.91 Å². The smallest absolute Gasteiger partial charge is 0.246 e. The molecule has 4 heteroatoms. The molecule has 0 fully saturated rings. The van der Waals surface area contributed by atoms with Gasteiger partial charge in [0, 0.05) is 18.0 Å². The summed E-state index contributed by atoms with van der Waals surface area (Å²) < 4.78 is 4.91. The van der Waals surface area contributed by atoms with Crippen molar-refractivity contribution in [2.45, 2.75) is 19.9 Å². The zero-order valence-electron chi connectivity index (χ0n) is 6.89. The van der Waals surface area contributed by atoms with Crippen molar-refractivity contribution in [1.82, 2.24) is 5.32 Å². The molecule has 0 heterocycles. The van der Waals surface area contributed by atoms with Crippen molar-refractivity contribution in [3.63, 3.8) is 0 Å². The van der Waals surface area contributed by atoms with Gasteiger partial charge >= 0.3 is 0 Å². The number of hydrogen-bond acceptors (Lipinski definition) is 2. The first-order valence-electron chi connectivity index (χ1n) is 3.63. The maximum absolute atomic E-state index is 10.9. The van der Waals surface area contributed by atoms with Gasteiger partial charge in [-0.25, -0.2) is 0 Å². The highest BCUT2D eigenvalue weighted by Gasteiger charge is 2.04. The van der Waals surface area contributed by atoms with Gasteiger partial charge in [0.05, 0.1) is 0 Å². The highest BCUT2D eigenvalue weighted by molar-refractivity contribution is 9.09. The second-order valence-corrected chi connectivity index (χ2v) is 2.91. The molecular formula is C7H14BrNO2. The molecule has 1 amide bonds. The molecule has 0 aromatic rings. The molecule has 0 rings (SSSR count). The van der Waals surface area contributed by atoms with E-state index < -0.39 is 0 Å². The third-order valence-electron chi connectivity index (χ3n) is 1.08. The van der Waals surface area contributed by atoms with Crippen LogP contribution in [-0.4, -0.2) is 30.5 Å². The van der Waals surface area contributed by atoms with Gasteiger partial charge in [0.1, 0.15) is 6.61 Å². The van der Waals surface area contributed by atoms with Crippen LogP contribution in [0.15, 0.2) is 0 Å². The maximum Gasteiger partial charge on any atom is 0.246 e. The number of halogens is 1. The fraction of sp³-hybridized carbons (Fsp3) is 0.857. The van der Waals surface area contributed by atoms with Gasteiger partial charge in [-0.05, 0) is 13.8 Å². The van der Waals surface area contributed by atoms with E-state index >= 15 is 0 Å². The number of rotatable bonds is 5. The molecule has 66 valence electrons. The third-order valence-corrected chi connectivity index (χ3v) is 2.05. The van der Waals surface area contributed by atoms with Gasteiger partial charge in [-0.2, -0.15) is 0 Å². The standard InChI is InChI=1S/C7H14BrNO2/c1-3-11-5-7(10)9-6(2)4-8/h6H,3-5H2,1-2H3,(H,9,10). The van der Waals surface area contributed by atoms with Gasteiger partial charge < -0.3 is 10.1 Å². The Bertz CT molecular complexity index is 119. The summed E-state index contributed by atoms with van der Waals surface area (Å²) in [5.74, 6) is -0.0567. The highest BCUT2D eigenvalue weighted by Crippen LogP contribution is 1.88. The minimum atomic E-state index is -0.0567. The van der Waals surface area contributed by atoms with Crippen LogP contribution in [0.5, 0.6) is 0 Å². The molecule has 3 nitrogen and oxygen atoms in total. The van der Waals surface area contributed by atoms with Crippen LogP contribution in [0.25, 0.3) is 0 Å². The second-order valence-electron chi connectivity index (χ2n) is 2.26. The molecule has 0 spiro atoms. The first kappa shape index (κ1) is 10.9. The van der Waals surface area contributed by atoms with E-state index in [4.69, 9.17) is 4.74 Å². The molecule has 1 atom stereocenters. The topological polar surface area (TPSA) is 38.3 Å². The number of carbonyl (C=O) groups is 1. The molecule has 0 saturated carbocycles. The quantitative estimate of drug-likeness (QED) is 0.705. The van der Waals surface area contributed by atoms with E-state index in [9.17, 15) is 4.79 Å². The largest absolute Gasteiger partial charge is 0.372 e. The lowest BCUT2D eigenvalue weighted by atomic mass is 10.4. The molecule has 0 saturated heterocycles. The predicted molar refractivity (Wildman–Crippen MR) is 47.9 cm³/mol. The fourth-order valence-electron chi connectivity index (χ4n) is 0.550. The van der Waals surface area contributed by atoms with E-state index in [1.165, 1.54) is 0 Å². The number of alkyl halides is 1. The molecule has 1 N–H and O–H groups in total. The summed E-state index contributed by atoms with van der Waals surface area (Å²) in [6.45, 7) is 4.53. The van der Waals surface area contributed by atoms with Gasteiger partial charge in [-0.1, -0.05) is 15.9 Å². The Morgan fingerprint density at radius 2 is 2.36 bits per heavy atom. The Hall–Kier alpha value is -0.0900. The summed E-state index contributed by atoms with van der Waals surface area (Å²) in [6.07, 6.45) is 0. The average molecular weight is 224 g/mol. The SMILES string of the molecule is CCOCC(=O)NC(C)CBr. The van der Waals surface area contributed by atoms with Crippen LogP contribution in [0, 0.1) is 0 Å². The molecule has 11 heavy (non-hydrogen) atoms. The van der Waals surface area contributed by atoms with E-state index in [2.05, 4.69) is 21.2 Å². The molecule has 0 bridgehead atoms. The van der Waals surface area contributed by atoms with E-state index in [0.29, 0.717) is 6.61 Å². The summed E-state index contributed by atoms with van der Waals surface area (Å²) in [4.78, 5) is 10.9. The van der Waals surface area contributed by atoms with Crippen molar-refractivity contribution < 1.29 is 9.53 Å². The van der Waals surface area contributed by atoms with Crippen LogP contribution < -0.4 is 5.32 Å². The first-order valence-corrected chi connectivity index (χ1v) is 4.76. The summed E-state index contributed by atoms with van der Waals surface area (Å²) in [5.41, 5.74) is 0. The monoisotopic (exact) mass is 223 g/mol. The second kappa shape index (κ2) is 6.61. The number of nitrogens with one attached hydrogen (secondary N) is 1. The molecule has 0 aliphatic heterocycles. The van der Waals surface area contributed by atoms with E-state index in [-0.39, 0.29) is 18.6 Å². The van der Waals surface area contributed by atoms with Crippen molar-refractivity contribution in [2.75, 3.05) is 18.5 Å². The molecule has 1 unspecified atom stereocenters. The van der Waals surface area contributed by atoms with E-state index in [1.807, 2.05) is 13.8 Å². The van der Waals surface area contributed by atoms with Crippen molar-refractivity contribution in [2.24, 2.45) is 0 Å². The van der Waals surface area contributed by atoms with Crippen molar-refractivity contribution >= 4 is 21.8 Å². The average Bonchev–Trinajstić information content (AvgIpc) is 2.00. The zero-order valence-corrected chi connectivity index (χ0v) is 8.48. The minimum Gasteiger partial charge on any atom is -0.372 e. The van der Waals surface area contributed by atoms with Gasteiger partial charge in [0.15, 0.2) is 0 Å². The van der Waals surface area contributed by atoms with Crippen molar-refractivity contribution in [1.29, 1.82) is 0 Å². The summed E-state index contributed by atoms with van der Waals surface area (Å²) in [6, 6.07) is 0.169. The summed E-state index contributed by atoms with van der Waals surface area (Å²) in [7, 11) is 0. The van der Waals surface area contributed by atoms with Crippen LogP contribution in [-0.2, 0) is 9.53 Å². The summed E-state index contributed by atoms with van der Waals surface area (Å²) >= 11 is 3.26. The Kier molecular flexibility index (Phi) is 6.56. The van der Waals surface area contributed by atoms with Gasteiger partial charge in [-0.15, -0.1) is 0 Å². The molecule has 0 aromatic heterocycles. The maximum atomic E-state index is 10.9. The lowest BCUT2D eigenvalue weighted by molar-refractivity contribution is -0.125. The first-order chi connectivity index (χ1) is 5.20. The van der Waals surface area contributed by atoms with Crippen LogP contribution in [0.1, 0.15) is 13.8 Å². The Morgan fingerprint density at radius 3 is 2.82 bits per heavy atom. The van der Waals surface area contributed by atoms with E-state index in [1.54, 1.807) is 0 Å². The Balaban J connectivity index is 3.36. The minimum absolute atomic E-state index is 0.0567. The molecule has 0 aliphatic carbocycles. The highest BCUT2D eigenvalue weighted by atomic mass is 79.9. The van der Waals surface area contributed by atoms with Crippen LogP contribution in [0.2, 0.25) is 0 Å². The predicted octanol–water partition coefficient (Wildman–Crippen LogP) is 0.923. The summed E-state index contributed by atoms with van der Waals surface area (Å²) in [5, 5.41) is 3.52. The van der Waals surface area contributed by atoms with Crippen LogP contribution in [0.4, 0.5) is 0 Å². The normalized spacial score (nSPS) is 12.6. The number of ether oxygens (including phenoxy) is 1. The number of hydrogen-bond donors (Lipinski definition) is 1. The van der Waals surface area contributed by atoms with Crippen molar-refractivity contribution in [3.8, 4) is 0 Å². The fourth-order valence-corrected chi connectivity index (χ4v) is 0.712. The number of carbonyl (C=O) groups excluding carboxylic acids is 1. The number of amides is 1. The van der Waals surface area contributed by atoms with Crippen LogP contribution >= 0.6 is 15.9 Å². The lowest BCUT2D eigenvalue weighted by Gasteiger charge is -2.09. The van der Waals surface area contributed by atoms with Gasteiger partial charge in [0.25, 0.3) is 0 Å². The van der Waals surface area contributed by atoms with Crippen LogP contribution in [0.3, 0.4) is 0 Å². The van der Waals surface area contributed by atoms with Gasteiger partial charge in [-0.3, -0.25) is 4.79 Å². The molecule has 0 aromatic carbocycles. The lowest BCUT2D eigenvalue weighted by Crippen LogP contribution is -2.36. The van der Waals surface area contributed by atoms with Crippen molar-refractivity contribution in [3.05, 3.63) is 0 Å². The Labute approximate surface area is 75.6 Å². The molecule has 0 aliphatic rings. The zero-order chi connectivity index (χ0) is 8.69.